The van der Waals surface area contributed by atoms with Crippen LogP contribution in [0, 0.1) is 12.8 Å². The summed E-state index contributed by atoms with van der Waals surface area (Å²) in [6.45, 7) is 1.82. The summed E-state index contributed by atoms with van der Waals surface area (Å²) < 4.78 is 7.10. The van der Waals surface area contributed by atoms with Crippen LogP contribution in [0.2, 0.25) is 0 Å². The Bertz CT molecular complexity index is 1100. The SMILES string of the molecule is Cc1noc(C2=Cc3cc(-c4cc(C(=O)CCC5CC5)nn4C)ccc3C2)n1. The number of hydrogen-bond donors (Lipinski definition) is 0. The van der Waals surface area contributed by atoms with Gasteiger partial charge < -0.3 is 4.52 Å². The van der Waals surface area contributed by atoms with Crippen molar-refractivity contribution in [1.29, 1.82) is 0 Å². The Kier molecular flexibility index (Phi) is 4.00. The van der Waals surface area contributed by atoms with Crippen LogP contribution in [0.1, 0.15) is 59.0 Å². The van der Waals surface area contributed by atoms with Crippen LogP contribution < -0.4 is 0 Å². The fourth-order valence-corrected chi connectivity index (χ4v) is 3.80. The van der Waals surface area contributed by atoms with E-state index in [9.17, 15) is 4.79 Å². The van der Waals surface area contributed by atoms with Crippen LogP contribution in [-0.2, 0) is 13.5 Å². The van der Waals surface area contributed by atoms with Gasteiger partial charge in [0.1, 0.15) is 5.69 Å². The van der Waals surface area contributed by atoms with Gasteiger partial charge in [0.05, 0.1) is 5.69 Å². The Morgan fingerprint density at radius 3 is 2.89 bits per heavy atom. The molecule has 0 aliphatic heterocycles. The molecule has 2 aliphatic carbocycles. The number of nitrogens with zero attached hydrogens (tertiary/aromatic N) is 4. The number of hydrogen-bond acceptors (Lipinski definition) is 5. The van der Waals surface area contributed by atoms with Crippen LogP contribution in [0.25, 0.3) is 22.9 Å². The van der Waals surface area contributed by atoms with Gasteiger partial charge in [-0.05, 0) is 48.6 Å². The quantitative estimate of drug-likeness (QED) is 0.603. The zero-order chi connectivity index (χ0) is 19.3. The second-order valence-electron chi connectivity index (χ2n) is 7.85. The van der Waals surface area contributed by atoms with Gasteiger partial charge in [0.15, 0.2) is 11.6 Å². The predicted octanol–water partition coefficient (Wildman–Crippen LogP) is 4.25. The van der Waals surface area contributed by atoms with Crippen LogP contribution in [0.4, 0.5) is 0 Å². The number of ketones is 1. The van der Waals surface area contributed by atoms with Crippen molar-refractivity contribution in [2.24, 2.45) is 13.0 Å². The normalized spacial score (nSPS) is 15.6. The average Bonchev–Trinajstić information content (AvgIpc) is 3.07. The van der Waals surface area contributed by atoms with Crippen LogP contribution in [0.3, 0.4) is 0 Å². The summed E-state index contributed by atoms with van der Waals surface area (Å²) in [5.41, 5.74) is 5.98. The van der Waals surface area contributed by atoms with Crippen molar-refractivity contribution < 1.29 is 9.32 Å². The Labute approximate surface area is 163 Å². The molecule has 0 bridgehead atoms. The van der Waals surface area contributed by atoms with E-state index in [1.165, 1.54) is 18.4 Å². The van der Waals surface area contributed by atoms with E-state index in [4.69, 9.17) is 4.52 Å². The van der Waals surface area contributed by atoms with E-state index >= 15 is 0 Å². The molecule has 1 saturated carbocycles. The molecule has 6 heteroatoms. The summed E-state index contributed by atoms with van der Waals surface area (Å²) >= 11 is 0. The van der Waals surface area contributed by atoms with Gasteiger partial charge in [0, 0.05) is 31.0 Å². The van der Waals surface area contributed by atoms with Crippen molar-refractivity contribution >= 4 is 17.4 Å². The maximum Gasteiger partial charge on any atom is 0.254 e. The minimum Gasteiger partial charge on any atom is -0.334 e. The molecule has 2 aromatic heterocycles. The smallest absolute Gasteiger partial charge is 0.254 e. The summed E-state index contributed by atoms with van der Waals surface area (Å²) in [5, 5.41) is 8.34. The lowest BCUT2D eigenvalue weighted by molar-refractivity contribution is 0.0972. The largest absolute Gasteiger partial charge is 0.334 e. The second kappa shape index (κ2) is 6.55. The molecule has 0 unspecified atom stereocenters. The first-order chi connectivity index (χ1) is 13.6. The van der Waals surface area contributed by atoms with E-state index in [1.807, 2.05) is 20.0 Å². The van der Waals surface area contributed by atoms with Crippen molar-refractivity contribution in [3.8, 4) is 11.3 Å². The minimum absolute atomic E-state index is 0.142. The Hall–Kier alpha value is -3.02. The molecule has 0 atom stereocenters. The highest BCUT2D eigenvalue weighted by atomic mass is 16.5. The summed E-state index contributed by atoms with van der Waals surface area (Å²) in [5.74, 6) is 2.12. The zero-order valence-electron chi connectivity index (χ0n) is 16.1. The van der Waals surface area contributed by atoms with Crippen molar-refractivity contribution in [3.05, 3.63) is 52.8 Å². The molecule has 0 spiro atoms. The van der Waals surface area contributed by atoms with E-state index in [0.717, 1.165) is 41.2 Å². The van der Waals surface area contributed by atoms with Gasteiger partial charge >= 0.3 is 0 Å². The maximum atomic E-state index is 12.5. The summed E-state index contributed by atoms with van der Waals surface area (Å²) in [4.78, 5) is 16.8. The van der Waals surface area contributed by atoms with Gasteiger partial charge in [-0.25, -0.2) is 0 Å². The minimum atomic E-state index is 0.142. The van der Waals surface area contributed by atoms with E-state index in [1.54, 1.807) is 4.68 Å². The van der Waals surface area contributed by atoms with E-state index < -0.39 is 0 Å². The fourth-order valence-electron chi connectivity index (χ4n) is 3.80. The molecule has 1 aromatic carbocycles. The Balaban J connectivity index is 1.40. The molecule has 0 radical (unpaired) electrons. The Morgan fingerprint density at radius 1 is 1.29 bits per heavy atom. The van der Waals surface area contributed by atoms with Crippen molar-refractivity contribution in [3.63, 3.8) is 0 Å². The molecule has 1 fully saturated rings. The lowest BCUT2D eigenvalue weighted by atomic mass is 10.0. The van der Waals surface area contributed by atoms with E-state index in [-0.39, 0.29) is 5.78 Å². The van der Waals surface area contributed by atoms with Gasteiger partial charge in [-0.1, -0.05) is 30.1 Å². The van der Waals surface area contributed by atoms with E-state index in [0.29, 0.717) is 23.8 Å². The summed E-state index contributed by atoms with van der Waals surface area (Å²) in [6, 6.07) is 8.27. The van der Waals surface area contributed by atoms with Gasteiger partial charge in [-0.3, -0.25) is 9.48 Å². The molecular weight excluding hydrogens is 352 g/mol. The van der Waals surface area contributed by atoms with Gasteiger partial charge in [-0.15, -0.1) is 0 Å². The van der Waals surface area contributed by atoms with Crippen molar-refractivity contribution in [2.45, 2.75) is 39.0 Å². The first kappa shape index (κ1) is 17.1. The lowest BCUT2D eigenvalue weighted by Crippen LogP contribution is -2.02. The van der Waals surface area contributed by atoms with Crippen molar-refractivity contribution in [1.82, 2.24) is 19.9 Å². The van der Waals surface area contributed by atoms with Crippen molar-refractivity contribution in [2.75, 3.05) is 0 Å². The molecule has 28 heavy (non-hydrogen) atoms. The number of rotatable bonds is 6. The standard InChI is InChI=1S/C22H22N4O2/c1-13-23-22(28-25-13)18-9-15-6-7-16(10-17(15)11-18)20-12-19(24-26(20)2)21(27)8-5-14-3-4-14/h6-7,10-12,14H,3-5,8-9H2,1-2H3. The molecule has 2 heterocycles. The Morgan fingerprint density at radius 2 is 2.14 bits per heavy atom. The average molecular weight is 374 g/mol. The topological polar surface area (TPSA) is 73.8 Å². The predicted molar refractivity (Wildman–Crippen MR) is 106 cm³/mol. The molecule has 5 rings (SSSR count). The molecule has 0 amide bonds. The number of fused-ring (bicyclic) bond motifs is 1. The van der Waals surface area contributed by atoms with Gasteiger partial charge in [0.2, 0.25) is 0 Å². The number of aromatic nitrogens is 4. The molecular formula is C22H22N4O2. The molecule has 142 valence electrons. The monoisotopic (exact) mass is 374 g/mol. The molecule has 2 aliphatic rings. The highest BCUT2D eigenvalue weighted by Gasteiger charge is 2.24. The number of allylic oxidation sites excluding steroid dienone is 1. The third-order valence-electron chi connectivity index (χ3n) is 5.60. The highest BCUT2D eigenvalue weighted by Crippen LogP contribution is 2.35. The number of aryl methyl sites for hydroxylation is 2. The summed E-state index contributed by atoms with van der Waals surface area (Å²) in [6.07, 6.45) is 7.02. The number of benzene rings is 1. The first-order valence-corrected chi connectivity index (χ1v) is 9.78. The maximum absolute atomic E-state index is 12.5. The van der Waals surface area contributed by atoms with E-state index in [2.05, 4.69) is 39.5 Å². The molecule has 0 saturated heterocycles. The third kappa shape index (κ3) is 3.19. The number of Topliss-reactive ketones (excluding diaryl/α,β-unsaturated/α-hetero) is 1. The molecule has 3 aromatic rings. The second-order valence-corrected chi connectivity index (χ2v) is 7.85. The fraction of sp³-hybridized carbons (Fsp3) is 0.364. The number of carbonyl (C=O) groups is 1. The lowest BCUT2D eigenvalue weighted by Gasteiger charge is -2.04. The first-order valence-electron chi connectivity index (χ1n) is 9.78. The van der Waals surface area contributed by atoms with Crippen LogP contribution in [0.15, 0.2) is 28.8 Å². The van der Waals surface area contributed by atoms with Gasteiger partial charge in [-0.2, -0.15) is 10.1 Å². The van der Waals surface area contributed by atoms with Crippen LogP contribution in [-0.4, -0.2) is 25.7 Å². The summed E-state index contributed by atoms with van der Waals surface area (Å²) in [7, 11) is 1.89. The van der Waals surface area contributed by atoms with Gasteiger partial charge in [0.25, 0.3) is 5.89 Å². The van der Waals surface area contributed by atoms with Crippen LogP contribution in [0.5, 0.6) is 0 Å². The van der Waals surface area contributed by atoms with Crippen LogP contribution >= 0.6 is 0 Å². The zero-order valence-corrected chi connectivity index (χ0v) is 16.1. The molecule has 6 nitrogen and oxygen atoms in total. The number of carbonyl (C=O) groups excluding carboxylic acids is 1. The molecule has 0 N–H and O–H groups in total. The highest BCUT2D eigenvalue weighted by molar-refractivity contribution is 5.95. The third-order valence-corrected chi connectivity index (χ3v) is 5.60.